The summed E-state index contributed by atoms with van der Waals surface area (Å²) in [6.07, 6.45) is 2.64. The maximum Gasteiger partial charge on any atom is 0.0827 e. The molecule has 8 heavy (non-hydrogen) atoms. The molecular weight excluding hydrogens is 122 g/mol. The molecule has 2 unspecified atom stereocenters. The molecule has 0 amide bonds. The van der Waals surface area contributed by atoms with E-state index < -0.39 is 10.8 Å². The molecular formula is C5H13NOS. The molecule has 0 rings (SSSR count). The van der Waals surface area contributed by atoms with Crippen molar-refractivity contribution in [3.63, 3.8) is 0 Å². The number of nitrogens with one attached hydrogen (secondary N) is 1. The van der Waals surface area contributed by atoms with E-state index in [1.807, 2.05) is 14.0 Å². The molecule has 0 aliphatic rings. The summed E-state index contributed by atoms with van der Waals surface area (Å²) >= 11 is 0. The van der Waals surface area contributed by atoms with Crippen molar-refractivity contribution in [3.05, 3.63) is 0 Å². The fourth-order valence-electron chi connectivity index (χ4n) is 0.605. The Balaban J connectivity index is 3.52. The van der Waals surface area contributed by atoms with E-state index >= 15 is 0 Å². The molecule has 0 saturated heterocycles. The average molecular weight is 135 g/mol. The van der Waals surface area contributed by atoms with Crippen molar-refractivity contribution in [2.45, 2.75) is 18.7 Å². The fraction of sp³-hybridized carbons (Fsp3) is 1.00. The van der Waals surface area contributed by atoms with Gasteiger partial charge < -0.3 is 5.32 Å². The molecule has 0 aromatic rings. The maximum atomic E-state index is 10.7. The standard InChI is InChI=1S/C5H13NOS/c1-4-5(6-2)8(3)7/h5-6H,4H2,1-3H3. The third-order valence-electron chi connectivity index (χ3n) is 1.09. The van der Waals surface area contributed by atoms with Crippen LogP contribution in [0, 0.1) is 0 Å². The van der Waals surface area contributed by atoms with Crippen LogP contribution in [0.15, 0.2) is 0 Å². The summed E-state index contributed by atoms with van der Waals surface area (Å²) in [5.74, 6) is 0. The summed E-state index contributed by atoms with van der Waals surface area (Å²) in [5.41, 5.74) is 0. The molecule has 0 spiro atoms. The Kier molecular flexibility index (Phi) is 4.09. The molecule has 0 aromatic heterocycles. The van der Waals surface area contributed by atoms with Crippen LogP contribution in [0.2, 0.25) is 0 Å². The van der Waals surface area contributed by atoms with Crippen LogP contribution in [0.1, 0.15) is 13.3 Å². The van der Waals surface area contributed by atoms with E-state index in [-0.39, 0.29) is 5.37 Å². The highest BCUT2D eigenvalue weighted by molar-refractivity contribution is 7.84. The second kappa shape index (κ2) is 4.04. The lowest BCUT2D eigenvalue weighted by Crippen LogP contribution is -2.28. The molecule has 0 radical (unpaired) electrons. The lowest BCUT2D eigenvalue weighted by molar-refractivity contribution is 0.642. The molecule has 0 aliphatic heterocycles. The van der Waals surface area contributed by atoms with Gasteiger partial charge in [0.05, 0.1) is 5.37 Å². The van der Waals surface area contributed by atoms with Gasteiger partial charge >= 0.3 is 0 Å². The van der Waals surface area contributed by atoms with Gasteiger partial charge in [0.15, 0.2) is 0 Å². The molecule has 1 N–H and O–H groups in total. The van der Waals surface area contributed by atoms with Crippen LogP contribution >= 0.6 is 0 Å². The molecule has 0 aromatic carbocycles. The maximum absolute atomic E-state index is 10.7. The normalized spacial score (nSPS) is 17.9. The summed E-state index contributed by atoms with van der Waals surface area (Å²) < 4.78 is 10.7. The van der Waals surface area contributed by atoms with E-state index in [4.69, 9.17) is 0 Å². The van der Waals surface area contributed by atoms with Crippen LogP contribution in [0.3, 0.4) is 0 Å². The molecule has 2 atom stereocenters. The predicted molar refractivity (Wildman–Crippen MR) is 37.2 cm³/mol. The third kappa shape index (κ3) is 2.43. The van der Waals surface area contributed by atoms with E-state index in [1.54, 1.807) is 6.26 Å². The van der Waals surface area contributed by atoms with E-state index in [0.717, 1.165) is 6.42 Å². The largest absolute Gasteiger partial charge is 0.306 e. The van der Waals surface area contributed by atoms with Crippen molar-refractivity contribution < 1.29 is 4.21 Å². The minimum absolute atomic E-state index is 0.176. The first-order valence-corrected chi connectivity index (χ1v) is 4.34. The van der Waals surface area contributed by atoms with Gasteiger partial charge in [-0.3, -0.25) is 4.21 Å². The minimum Gasteiger partial charge on any atom is -0.306 e. The van der Waals surface area contributed by atoms with Crippen LogP contribution in [0.5, 0.6) is 0 Å². The number of rotatable bonds is 3. The summed E-state index contributed by atoms with van der Waals surface area (Å²) in [6, 6.07) is 0. The van der Waals surface area contributed by atoms with E-state index in [2.05, 4.69) is 5.32 Å². The van der Waals surface area contributed by atoms with Gasteiger partial charge in [-0.15, -0.1) is 0 Å². The minimum atomic E-state index is -0.715. The van der Waals surface area contributed by atoms with Crippen LogP contribution in [-0.4, -0.2) is 22.9 Å². The highest BCUT2D eigenvalue weighted by Gasteiger charge is 2.04. The van der Waals surface area contributed by atoms with Gasteiger partial charge in [-0.1, -0.05) is 6.92 Å². The second-order valence-electron chi connectivity index (χ2n) is 1.68. The van der Waals surface area contributed by atoms with Crippen molar-refractivity contribution in [2.24, 2.45) is 0 Å². The fourth-order valence-corrected chi connectivity index (χ4v) is 1.41. The molecule has 2 nitrogen and oxygen atoms in total. The van der Waals surface area contributed by atoms with Gasteiger partial charge in [-0.25, -0.2) is 0 Å². The van der Waals surface area contributed by atoms with Crippen molar-refractivity contribution in [1.82, 2.24) is 5.32 Å². The summed E-state index contributed by atoms with van der Waals surface area (Å²) in [6.45, 7) is 2.02. The van der Waals surface area contributed by atoms with E-state index in [0.29, 0.717) is 0 Å². The second-order valence-corrected chi connectivity index (χ2v) is 3.25. The summed E-state index contributed by atoms with van der Waals surface area (Å²) in [7, 11) is 1.11. The van der Waals surface area contributed by atoms with Gasteiger partial charge in [-0.05, 0) is 13.5 Å². The Hall–Kier alpha value is 0.110. The zero-order valence-corrected chi connectivity index (χ0v) is 6.42. The van der Waals surface area contributed by atoms with E-state index in [9.17, 15) is 4.21 Å². The quantitative estimate of drug-likeness (QED) is 0.604. The van der Waals surface area contributed by atoms with E-state index in [1.165, 1.54) is 0 Å². The average Bonchev–Trinajstić information content (AvgIpc) is 1.69. The highest BCUT2D eigenvalue weighted by Crippen LogP contribution is 1.92. The predicted octanol–water partition coefficient (Wildman–Crippen LogP) is 0.320. The van der Waals surface area contributed by atoms with Crippen LogP contribution in [-0.2, 0) is 10.8 Å². The van der Waals surface area contributed by atoms with Gasteiger partial charge in [0.1, 0.15) is 0 Å². The van der Waals surface area contributed by atoms with Gasteiger partial charge in [-0.2, -0.15) is 0 Å². The first kappa shape index (κ1) is 8.11. The van der Waals surface area contributed by atoms with Crippen molar-refractivity contribution >= 4 is 10.8 Å². The van der Waals surface area contributed by atoms with Gasteiger partial charge in [0, 0.05) is 17.1 Å². The van der Waals surface area contributed by atoms with Gasteiger partial charge in [0.25, 0.3) is 0 Å². The zero-order valence-electron chi connectivity index (χ0n) is 5.60. The lowest BCUT2D eigenvalue weighted by Gasteiger charge is -2.08. The summed E-state index contributed by atoms with van der Waals surface area (Å²) in [4.78, 5) is 0. The summed E-state index contributed by atoms with van der Waals surface area (Å²) in [5, 5.41) is 3.13. The molecule has 0 aliphatic carbocycles. The monoisotopic (exact) mass is 135 g/mol. The Morgan fingerprint density at radius 1 is 1.75 bits per heavy atom. The number of hydrogen-bond acceptors (Lipinski definition) is 2. The highest BCUT2D eigenvalue weighted by atomic mass is 32.2. The topological polar surface area (TPSA) is 29.1 Å². The van der Waals surface area contributed by atoms with Crippen molar-refractivity contribution in [1.29, 1.82) is 0 Å². The smallest absolute Gasteiger partial charge is 0.0827 e. The Morgan fingerprint density at radius 3 is 2.25 bits per heavy atom. The number of hydrogen-bond donors (Lipinski definition) is 1. The Bertz CT molecular complexity index is 80.5. The molecule has 3 heteroatoms. The van der Waals surface area contributed by atoms with Gasteiger partial charge in [0.2, 0.25) is 0 Å². The first-order chi connectivity index (χ1) is 3.72. The molecule has 0 saturated carbocycles. The molecule has 0 fully saturated rings. The SMILES string of the molecule is CCC(NC)S(C)=O. The Morgan fingerprint density at radius 2 is 2.25 bits per heavy atom. The first-order valence-electron chi connectivity index (χ1n) is 2.71. The van der Waals surface area contributed by atoms with Crippen molar-refractivity contribution in [3.8, 4) is 0 Å². The van der Waals surface area contributed by atoms with Crippen LogP contribution in [0.25, 0.3) is 0 Å². The van der Waals surface area contributed by atoms with Crippen molar-refractivity contribution in [2.75, 3.05) is 13.3 Å². The zero-order chi connectivity index (χ0) is 6.57. The Labute approximate surface area is 53.1 Å². The lowest BCUT2D eigenvalue weighted by atomic mass is 10.5. The molecule has 50 valence electrons. The molecule has 0 heterocycles. The third-order valence-corrected chi connectivity index (χ3v) is 2.46. The molecule has 0 bridgehead atoms. The van der Waals surface area contributed by atoms with Crippen LogP contribution < -0.4 is 5.32 Å². The van der Waals surface area contributed by atoms with Crippen LogP contribution in [0.4, 0.5) is 0 Å².